The van der Waals surface area contributed by atoms with Gasteiger partial charge in [-0.25, -0.2) is 4.98 Å². The van der Waals surface area contributed by atoms with Gasteiger partial charge in [0.1, 0.15) is 0 Å². The molecule has 0 amide bonds. The third kappa shape index (κ3) is 3.82. The molecule has 4 nitrogen and oxygen atoms in total. The molecule has 1 fully saturated rings. The average molecular weight is 251 g/mol. The second kappa shape index (κ2) is 6.90. The number of ether oxygens (including phenoxy) is 1. The van der Waals surface area contributed by atoms with Gasteiger partial charge < -0.3 is 14.6 Å². The monoisotopic (exact) mass is 251 g/mol. The Labute approximate surface area is 110 Å². The first-order valence-corrected chi connectivity index (χ1v) is 7.08. The summed E-state index contributed by atoms with van der Waals surface area (Å²) in [5.41, 5.74) is 1.31. The summed E-state index contributed by atoms with van der Waals surface area (Å²) < 4.78 is 7.87. The van der Waals surface area contributed by atoms with E-state index in [9.17, 15) is 0 Å². The van der Waals surface area contributed by atoms with Gasteiger partial charge in [-0.05, 0) is 25.3 Å². The van der Waals surface area contributed by atoms with Gasteiger partial charge in [0.05, 0.1) is 18.6 Å². The third-order valence-electron chi connectivity index (χ3n) is 3.34. The maximum Gasteiger partial charge on any atom is 0.0949 e. The molecule has 1 aliphatic heterocycles. The second-order valence-electron chi connectivity index (χ2n) is 5.48. The van der Waals surface area contributed by atoms with Crippen molar-refractivity contribution in [3.05, 3.63) is 18.2 Å². The fourth-order valence-electron chi connectivity index (χ4n) is 2.39. The molecule has 2 heterocycles. The van der Waals surface area contributed by atoms with Crippen molar-refractivity contribution in [3.8, 4) is 0 Å². The summed E-state index contributed by atoms with van der Waals surface area (Å²) in [6, 6.07) is 0.478. The van der Waals surface area contributed by atoms with Crippen molar-refractivity contribution in [3.63, 3.8) is 0 Å². The van der Waals surface area contributed by atoms with Crippen LogP contribution in [0, 0.1) is 5.92 Å². The van der Waals surface area contributed by atoms with Gasteiger partial charge in [0.15, 0.2) is 0 Å². The molecule has 2 rings (SSSR count). The topological polar surface area (TPSA) is 39.1 Å². The zero-order chi connectivity index (χ0) is 12.8. The average Bonchev–Trinajstić information content (AvgIpc) is 2.84. The zero-order valence-electron chi connectivity index (χ0n) is 11.6. The number of nitrogens with one attached hydrogen (secondary N) is 1. The van der Waals surface area contributed by atoms with E-state index in [0.717, 1.165) is 26.3 Å². The van der Waals surface area contributed by atoms with Gasteiger partial charge in [0, 0.05) is 25.4 Å². The van der Waals surface area contributed by atoms with Crippen molar-refractivity contribution in [2.75, 3.05) is 19.8 Å². The van der Waals surface area contributed by atoms with Gasteiger partial charge in [0.25, 0.3) is 0 Å². The summed E-state index contributed by atoms with van der Waals surface area (Å²) >= 11 is 0. The number of piperidine rings is 1. The Bertz CT molecular complexity index is 343. The van der Waals surface area contributed by atoms with Crippen LogP contribution >= 0.6 is 0 Å². The van der Waals surface area contributed by atoms with Crippen molar-refractivity contribution >= 4 is 0 Å². The molecule has 0 radical (unpaired) electrons. The van der Waals surface area contributed by atoms with Crippen LogP contribution in [0.4, 0.5) is 0 Å². The highest BCUT2D eigenvalue weighted by molar-refractivity contribution is 5.06. The van der Waals surface area contributed by atoms with E-state index in [1.54, 1.807) is 0 Å². The molecule has 0 saturated carbocycles. The molecule has 1 aromatic heterocycles. The van der Waals surface area contributed by atoms with E-state index in [-0.39, 0.29) is 0 Å². The lowest BCUT2D eigenvalue weighted by molar-refractivity contribution is 0.102. The first-order chi connectivity index (χ1) is 8.77. The van der Waals surface area contributed by atoms with E-state index >= 15 is 0 Å². The fraction of sp³-hybridized carbons (Fsp3) is 0.786. The predicted octanol–water partition coefficient (Wildman–Crippen LogP) is 2.37. The summed E-state index contributed by atoms with van der Waals surface area (Å²) in [5, 5.41) is 3.57. The number of aromatic nitrogens is 2. The van der Waals surface area contributed by atoms with Crippen LogP contribution in [-0.2, 0) is 11.3 Å². The number of hydrogen-bond acceptors (Lipinski definition) is 3. The lowest BCUT2D eigenvalue weighted by Gasteiger charge is -2.24. The Morgan fingerprint density at radius 1 is 1.50 bits per heavy atom. The maximum absolute atomic E-state index is 5.64. The summed E-state index contributed by atoms with van der Waals surface area (Å²) in [5.74, 6) is 0.604. The van der Waals surface area contributed by atoms with E-state index in [1.807, 2.05) is 12.5 Å². The Morgan fingerprint density at radius 3 is 3.11 bits per heavy atom. The molecule has 0 spiro atoms. The standard InChI is InChI=1S/C14H25N3O/c1-12(2)10-18-8-7-17-11-15-9-14(17)13-5-3-4-6-16-13/h9,11-13,16H,3-8,10H2,1-2H3. The molecule has 102 valence electrons. The normalized spacial score (nSPS) is 20.5. The van der Waals surface area contributed by atoms with Crippen LogP contribution in [0.2, 0.25) is 0 Å². The molecule has 1 N–H and O–H groups in total. The van der Waals surface area contributed by atoms with E-state index in [1.165, 1.54) is 25.0 Å². The van der Waals surface area contributed by atoms with Crippen molar-refractivity contribution in [2.24, 2.45) is 5.92 Å². The smallest absolute Gasteiger partial charge is 0.0949 e. The van der Waals surface area contributed by atoms with Crippen LogP contribution in [-0.4, -0.2) is 29.3 Å². The Balaban J connectivity index is 1.83. The van der Waals surface area contributed by atoms with Gasteiger partial charge in [-0.15, -0.1) is 0 Å². The molecule has 1 atom stereocenters. The number of rotatable bonds is 6. The van der Waals surface area contributed by atoms with E-state index < -0.39 is 0 Å². The molecule has 1 aliphatic rings. The lowest BCUT2D eigenvalue weighted by atomic mass is 10.0. The van der Waals surface area contributed by atoms with Crippen LogP contribution in [0.1, 0.15) is 44.8 Å². The van der Waals surface area contributed by atoms with Crippen LogP contribution < -0.4 is 5.32 Å². The SMILES string of the molecule is CC(C)COCCn1cncc1C1CCCCN1. The van der Waals surface area contributed by atoms with Crippen LogP contribution in [0.3, 0.4) is 0 Å². The minimum atomic E-state index is 0.478. The molecule has 1 saturated heterocycles. The first-order valence-electron chi connectivity index (χ1n) is 7.08. The minimum absolute atomic E-state index is 0.478. The lowest BCUT2D eigenvalue weighted by Crippen LogP contribution is -2.28. The van der Waals surface area contributed by atoms with Crippen molar-refractivity contribution in [2.45, 2.75) is 45.7 Å². The van der Waals surface area contributed by atoms with Crippen LogP contribution in [0.15, 0.2) is 12.5 Å². The molecular weight excluding hydrogens is 226 g/mol. The van der Waals surface area contributed by atoms with Crippen LogP contribution in [0.25, 0.3) is 0 Å². The zero-order valence-corrected chi connectivity index (χ0v) is 11.6. The molecule has 18 heavy (non-hydrogen) atoms. The quantitative estimate of drug-likeness (QED) is 0.789. The molecule has 0 bridgehead atoms. The fourth-order valence-corrected chi connectivity index (χ4v) is 2.39. The van der Waals surface area contributed by atoms with E-state index in [4.69, 9.17) is 4.74 Å². The number of hydrogen-bond donors (Lipinski definition) is 1. The molecule has 0 aliphatic carbocycles. The summed E-state index contributed by atoms with van der Waals surface area (Å²) in [4.78, 5) is 4.28. The Kier molecular flexibility index (Phi) is 5.20. The molecule has 0 aromatic carbocycles. The summed E-state index contributed by atoms with van der Waals surface area (Å²) in [6.45, 7) is 7.99. The highest BCUT2D eigenvalue weighted by Gasteiger charge is 2.17. The van der Waals surface area contributed by atoms with Gasteiger partial charge >= 0.3 is 0 Å². The summed E-state index contributed by atoms with van der Waals surface area (Å²) in [6.07, 6.45) is 7.74. The predicted molar refractivity (Wildman–Crippen MR) is 72.5 cm³/mol. The van der Waals surface area contributed by atoms with Crippen molar-refractivity contribution in [1.82, 2.24) is 14.9 Å². The van der Waals surface area contributed by atoms with Gasteiger partial charge in [-0.1, -0.05) is 20.3 Å². The third-order valence-corrected chi connectivity index (χ3v) is 3.34. The van der Waals surface area contributed by atoms with Crippen molar-refractivity contribution in [1.29, 1.82) is 0 Å². The van der Waals surface area contributed by atoms with Gasteiger partial charge in [-0.3, -0.25) is 0 Å². The number of imidazole rings is 1. The van der Waals surface area contributed by atoms with E-state index in [0.29, 0.717) is 12.0 Å². The number of nitrogens with zero attached hydrogens (tertiary/aromatic N) is 2. The highest BCUT2D eigenvalue weighted by atomic mass is 16.5. The highest BCUT2D eigenvalue weighted by Crippen LogP contribution is 2.22. The minimum Gasteiger partial charge on any atom is -0.379 e. The Hall–Kier alpha value is -0.870. The van der Waals surface area contributed by atoms with Crippen molar-refractivity contribution < 1.29 is 4.74 Å². The maximum atomic E-state index is 5.64. The van der Waals surface area contributed by atoms with Crippen LogP contribution in [0.5, 0.6) is 0 Å². The van der Waals surface area contributed by atoms with Gasteiger partial charge in [-0.2, -0.15) is 0 Å². The van der Waals surface area contributed by atoms with E-state index in [2.05, 4.69) is 28.7 Å². The second-order valence-corrected chi connectivity index (χ2v) is 5.48. The molecule has 4 heteroatoms. The molecular formula is C14H25N3O. The summed E-state index contributed by atoms with van der Waals surface area (Å²) in [7, 11) is 0. The molecule has 1 aromatic rings. The Morgan fingerprint density at radius 2 is 2.39 bits per heavy atom. The largest absolute Gasteiger partial charge is 0.379 e. The first kappa shape index (κ1) is 13.6. The molecule has 1 unspecified atom stereocenters. The van der Waals surface area contributed by atoms with Gasteiger partial charge in [0.2, 0.25) is 0 Å².